The lowest BCUT2D eigenvalue weighted by Crippen LogP contribution is -1.95. The van der Waals surface area contributed by atoms with Crippen molar-refractivity contribution in [3.8, 4) is 22.8 Å². The third-order valence-corrected chi connectivity index (χ3v) is 3.08. The number of rotatable bonds is 2. The predicted molar refractivity (Wildman–Crippen MR) is 75.7 cm³/mol. The Kier molecular flexibility index (Phi) is 2.97. The standard InChI is InChI=1S/C15H11ClN2O/c16-12-6-8-13(9-7-12)18-15(19)10-14(17-18)11-4-2-1-3-5-11/h1-10,19H. The van der Waals surface area contributed by atoms with Crippen LogP contribution in [0.5, 0.6) is 5.88 Å². The van der Waals surface area contributed by atoms with Crippen molar-refractivity contribution in [2.45, 2.75) is 0 Å². The van der Waals surface area contributed by atoms with Crippen LogP contribution in [-0.4, -0.2) is 14.9 Å². The average Bonchev–Trinajstić information content (AvgIpc) is 2.83. The summed E-state index contributed by atoms with van der Waals surface area (Å²) in [6, 6.07) is 18.5. The fourth-order valence-corrected chi connectivity index (χ4v) is 2.02. The quantitative estimate of drug-likeness (QED) is 0.767. The Morgan fingerprint density at radius 3 is 2.32 bits per heavy atom. The van der Waals surface area contributed by atoms with Gasteiger partial charge in [0.05, 0.1) is 11.4 Å². The molecule has 0 aliphatic rings. The molecule has 1 aromatic heterocycles. The number of hydrogen-bond acceptors (Lipinski definition) is 2. The van der Waals surface area contributed by atoms with Gasteiger partial charge in [-0.2, -0.15) is 5.10 Å². The van der Waals surface area contributed by atoms with Gasteiger partial charge in [0, 0.05) is 16.7 Å². The first-order chi connectivity index (χ1) is 9.24. The van der Waals surface area contributed by atoms with Crippen molar-refractivity contribution in [3.05, 3.63) is 65.7 Å². The Hall–Kier alpha value is -2.26. The molecule has 19 heavy (non-hydrogen) atoms. The van der Waals surface area contributed by atoms with Gasteiger partial charge in [-0.1, -0.05) is 41.9 Å². The van der Waals surface area contributed by atoms with E-state index in [-0.39, 0.29) is 5.88 Å². The fourth-order valence-electron chi connectivity index (χ4n) is 1.89. The second kappa shape index (κ2) is 4.78. The highest BCUT2D eigenvalue weighted by Crippen LogP contribution is 2.25. The number of aromatic nitrogens is 2. The zero-order valence-electron chi connectivity index (χ0n) is 9.99. The van der Waals surface area contributed by atoms with E-state index in [4.69, 9.17) is 11.6 Å². The summed E-state index contributed by atoms with van der Waals surface area (Å²) in [5.74, 6) is 0.0983. The first-order valence-electron chi connectivity index (χ1n) is 5.84. The van der Waals surface area contributed by atoms with E-state index in [9.17, 15) is 5.11 Å². The SMILES string of the molecule is Oc1cc(-c2ccccc2)nn1-c1ccc(Cl)cc1. The molecule has 3 aromatic rings. The third kappa shape index (κ3) is 2.33. The third-order valence-electron chi connectivity index (χ3n) is 2.83. The maximum absolute atomic E-state index is 9.98. The Bertz CT molecular complexity index is 690. The van der Waals surface area contributed by atoms with Crippen molar-refractivity contribution < 1.29 is 5.11 Å². The molecule has 0 saturated heterocycles. The van der Waals surface area contributed by atoms with E-state index in [1.807, 2.05) is 42.5 Å². The average molecular weight is 271 g/mol. The molecule has 3 nitrogen and oxygen atoms in total. The van der Waals surface area contributed by atoms with Gasteiger partial charge in [0.1, 0.15) is 0 Å². The number of benzene rings is 2. The van der Waals surface area contributed by atoms with Crippen LogP contribution in [0, 0.1) is 0 Å². The molecule has 1 N–H and O–H groups in total. The summed E-state index contributed by atoms with van der Waals surface area (Å²) in [5.41, 5.74) is 2.46. The molecule has 0 bridgehead atoms. The molecular formula is C15H11ClN2O. The minimum absolute atomic E-state index is 0.0983. The van der Waals surface area contributed by atoms with Gasteiger partial charge in [0.25, 0.3) is 0 Å². The molecule has 0 fully saturated rings. The largest absolute Gasteiger partial charge is 0.493 e. The first-order valence-corrected chi connectivity index (χ1v) is 6.22. The minimum atomic E-state index is 0.0983. The summed E-state index contributed by atoms with van der Waals surface area (Å²) >= 11 is 5.85. The van der Waals surface area contributed by atoms with Gasteiger partial charge < -0.3 is 5.11 Å². The van der Waals surface area contributed by atoms with Gasteiger partial charge in [-0.05, 0) is 24.3 Å². The van der Waals surface area contributed by atoms with Gasteiger partial charge in [0.2, 0.25) is 5.88 Å². The highest BCUT2D eigenvalue weighted by Gasteiger charge is 2.09. The lowest BCUT2D eigenvalue weighted by molar-refractivity contribution is 0.433. The van der Waals surface area contributed by atoms with Crippen molar-refractivity contribution >= 4 is 11.6 Å². The maximum atomic E-state index is 9.98. The van der Waals surface area contributed by atoms with Gasteiger partial charge in [-0.15, -0.1) is 0 Å². The van der Waals surface area contributed by atoms with Crippen LogP contribution in [-0.2, 0) is 0 Å². The van der Waals surface area contributed by atoms with Crippen LogP contribution in [0.2, 0.25) is 5.02 Å². The van der Waals surface area contributed by atoms with Gasteiger partial charge in [-0.25, -0.2) is 4.68 Å². The minimum Gasteiger partial charge on any atom is -0.493 e. The highest BCUT2D eigenvalue weighted by atomic mass is 35.5. The fraction of sp³-hybridized carbons (Fsp3) is 0. The predicted octanol–water partition coefficient (Wildman–Crippen LogP) is 3.90. The molecule has 0 atom stereocenters. The molecule has 0 spiro atoms. The summed E-state index contributed by atoms with van der Waals surface area (Å²) in [5, 5.41) is 15.0. The monoisotopic (exact) mass is 270 g/mol. The number of aromatic hydroxyl groups is 1. The second-order valence-corrected chi connectivity index (χ2v) is 4.58. The normalized spacial score (nSPS) is 10.6. The summed E-state index contributed by atoms with van der Waals surface area (Å²) in [6.45, 7) is 0. The Morgan fingerprint density at radius 1 is 0.947 bits per heavy atom. The molecule has 0 aliphatic heterocycles. The molecule has 4 heteroatoms. The van der Waals surface area contributed by atoms with E-state index < -0.39 is 0 Å². The molecule has 2 aromatic carbocycles. The summed E-state index contributed by atoms with van der Waals surface area (Å²) in [6.07, 6.45) is 0. The number of hydrogen-bond donors (Lipinski definition) is 1. The van der Waals surface area contributed by atoms with E-state index in [2.05, 4.69) is 5.10 Å². The zero-order chi connectivity index (χ0) is 13.2. The topological polar surface area (TPSA) is 38.1 Å². The maximum Gasteiger partial charge on any atom is 0.214 e. The van der Waals surface area contributed by atoms with Crippen LogP contribution in [0.1, 0.15) is 0 Å². The van der Waals surface area contributed by atoms with Crippen molar-refractivity contribution in [2.75, 3.05) is 0 Å². The van der Waals surface area contributed by atoms with Crippen molar-refractivity contribution in [1.29, 1.82) is 0 Å². The van der Waals surface area contributed by atoms with Crippen LogP contribution in [0.3, 0.4) is 0 Å². The van der Waals surface area contributed by atoms with Gasteiger partial charge in [0.15, 0.2) is 0 Å². The Labute approximate surface area is 115 Å². The van der Waals surface area contributed by atoms with Crippen molar-refractivity contribution in [2.24, 2.45) is 0 Å². The second-order valence-electron chi connectivity index (χ2n) is 4.14. The number of halogens is 1. The molecule has 1 heterocycles. The van der Waals surface area contributed by atoms with E-state index in [1.165, 1.54) is 4.68 Å². The summed E-state index contributed by atoms with van der Waals surface area (Å²) in [7, 11) is 0. The number of nitrogens with zero attached hydrogens (tertiary/aromatic N) is 2. The molecule has 0 saturated carbocycles. The van der Waals surface area contributed by atoms with Crippen LogP contribution in [0.15, 0.2) is 60.7 Å². The molecule has 0 amide bonds. The van der Waals surface area contributed by atoms with Crippen LogP contribution < -0.4 is 0 Å². The van der Waals surface area contributed by atoms with E-state index >= 15 is 0 Å². The zero-order valence-corrected chi connectivity index (χ0v) is 10.7. The van der Waals surface area contributed by atoms with Crippen molar-refractivity contribution in [3.63, 3.8) is 0 Å². The van der Waals surface area contributed by atoms with Crippen molar-refractivity contribution in [1.82, 2.24) is 9.78 Å². The Morgan fingerprint density at radius 2 is 1.63 bits per heavy atom. The molecule has 0 aliphatic carbocycles. The molecule has 94 valence electrons. The smallest absolute Gasteiger partial charge is 0.214 e. The molecule has 0 radical (unpaired) electrons. The first kappa shape index (κ1) is 11.8. The van der Waals surface area contributed by atoms with Crippen LogP contribution in [0.4, 0.5) is 0 Å². The van der Waals surface area contributed by atoms with Crippen LogP contribution >= 0.6 is 11.6 Å². The summed E-state index contributed by atoms with van der Waals surface area (Å²) in [4.78, 5) is 0. The van der Waals surface area contributed by atoms with Gasteiger partial charge in [-0.3, -0.25) is 0 Å². The lowest BCUT2D eigenvalue weighted by atomic mass is 10.2. The molecular weight excluding hydrogens is 260 g/mol. The van der Waals surface area contributed by atoms with Gasteiger partial charge >= 0.3 is 0 Å². The van der Waals surface area contributed by atoms with E-state index in [0.717, 1.165) is 16.9 Å². The molecule has 0 unspecified atom stereocenters. The molecule has 3 rings (SSSR count). The summed E-state index contributed by atoms with van der Waals surface area (Å²) < 4.78 is 1.48. The highest BCUT2D eigenvalue weighted by molar-refractivity contribution is 6.30. The van der Waals surface area contributed by atoms with E-state index in [0.29, 0.717) is 5.02 Å². The lowest BCUT2D eigenvalue weighted by Gasteiger charge is -2.02. The Balaban J connectivity index is 2.05. The van der Waals surface area contributed by atoms with Crippen LogP contribution in [0.25, 0.3) is 16.9 Å². The van der Waals surface area contributed by atoms with E-state index in [1.54, 1.807) is 18.2 Å².